The highest BCUT2D eigenvalue weighted by atomic mass is 32.2. The quantitative estimate of drug-likeness (QED) is 0.734. The minimum absolute atomic E-state index is 0.0510. The number of hydrogen-bond donors (Lipinski definition) is 2. The summed E-state index contributed by atoms with van der Waals surface area (Å²) in [7, 11) is -3.72. The van der Waals surface area contributed by atoms with Gasteiger partial charge >= 0.3 is 0 Å². The molecule has 0 aliphatic heterocycles. The molecule has 0 unspecified atom stereocenters. The minimum atomic E-state index is -3.72. The highest BCUT2D eigenvalue weighted by Crippen LogP contribution is 2.30. The zero-order valence-corrected chi connectivity index (χ0v) is 15.4. The van der Waals surface area contributed by atoms with Gasteiger partial charge in [-0.3, -0.25) is 4.79 Å². The first-order chi connectivity index (χ1) is 11.8. The van der Waals surface area contributed by atoms with Crippen LogP contribution in [0.5, 0.6) is 0 Å². The van der Waals surface area contributed by atoms with Crippen molar-refractivity contribution in [3.63, 3.8) is 0 Å². The Balaban J connectivity index is 1.81. The lowest BCUT2D eigenvalue weighted by Gasteiger charge is -2.14. The van der Waals surface area contributed by atoms with Crippen molar-refractivity contribution in [1.82, 2.24) is 5.32 Å². The van der Waals surface area contributed by atoms with Gasteiger partial charge < -0.3 is 5.32 Å². The van der Waals surface area contributed by atoms with E-state index < -0.39 is 10.0 Å². The fraction of sp³-hybridized carbons (Fsp3) is 0.167. The minimum Gasteiger partial charge on any atom is -0.345 e. The number of hydrogen-bond acceptors (Lipinski definition) is 4. The summed E-state index contributed by atoms with van der Waals surface area (Å²) >= 11 is 1.47. The summed E-state index contributed by atoms with van der Waals surface area (Å²) in [5, 5.41) is 9.15. The van der Waals surface area contributed by atoms with Crippen LogP contribution in [0.15, 0.2) is 53.4 Å². The van der Waals surface area contributed by atoms with Gasteiger partial charge in [0.15, 0.2) is 0 Å². The van der Waals surface area contributed by atoms with Gasteiger partial charge in [0.1, 0.15) is 0 Å². The molecule has 1 amide bonds. The molecule has 0 aliphatic rings. The fourth-order valence-corrected chi connectivity index (χ4v) is 4.31. The molecular formula is C18H18N2O3S2. The molecule has 0 aliphatic carbocycles. The van der Waals surface area contributed by atoms with Gasteiger partial charge in [-0.15, -0.1) is 11.3 Å². The zero-order chi connectivity index (χ0) is 18.2. The number of carbonyl (C=O) groups excluding carboxylic acids is 1. The van der Waals surface area contributed by atoms with E-state index in [-0.39, 0.29) is 16.8 Å². The van der Waals surface area contributed by atoms with E-state index >= 15 is 0 Å². The van der Waals surface area contributed by atoms with Crippen molar-refractivity contribution in [2.24, 2.45) is 5.14 Å². The summed E-state index contributed by atoms with van der Waals surface area (Å²) in [6, 6.07) is 13.9. The van der Waals surface area contributed by atoms with Gasteiger partial charge in [0.2, 0.25) is 10.0 Å². The smallest absolute Gasteiger partial charge is 0.262 e. The van der Waals surface area contributed by atoms with E-state index in [9.17, 15) is 13.2 Å². The van der Waals surface area contributed by atoms with Crippen LogP contribution < -0.4 is 10.5 Å². The second kappa shape index (κ2) is 6.59. The average molecular weight is 374 g/mol. The monoisotopic (exact) mass is 374 g/mol. The molecule has 1 heterocycles. The van der Waals surface area contributed by atoms with Crippen LogP contribution in [-0.4, -0.2) is 14.3 Å². The van der Waals surface area contributed by atoms with Crippen LogP contribution in [0.2, 0.25) is 0 Å². The summed E-state index contributed by atoms with van der Waals surface area (Å²) < 4.78 is 23.7. The fourth-order valence-electron chi connectivity index (χ4n) is 2.68. The second-order valence-corrected chi connectivity index (χ2v) is 8.48. The Morgan fingerprint density at radius 2 is 1.76 bits per heavy atom. The van der Waals surface area contributed by atoms with Gasteiger partial charge in [-0.1, -0.05) is 30.3 Å². The van der Waals surface area contributed by atoms with Crippen molar-refractivity contribution in [2.75, 3.05) is 0 Å². The molecule has 5 nitrogen and oxygen atoms in total. The maximum atomic E-state index is 12.6. The Morgan fingerprint density at radius 1 is 1.12 bits per heavy atom. The lowest BCUT2D eigenvalue weighted by atomic mass is 10.1. The lowest BCUT2D eigenvalue weighted by Crippen LogP contribution is -2.26. The molecule has 0 radical (unpaired) electrons. The summed E-state index contributed by atoms with van der Waals surface area (Å²) in [5.74, 6) is -0.137. The molecule has 0 bridgehead atoms. The summed E-state index contributed by atoms with van der Waals surface area (Å²) in [6.07, 6.45) is 0. The first-order valence-corrected chi connectivity index (χ1v) is 10.1. The maximum Gasteiger partial charge on any atom is 0.262 e. The Labute approximate surface area is 150 Å². The molecule has 0 spiro atoms. The van der Waals surface area contributed by atoms with E-state index in [0.29, 0.717) is 4.88 Å². The number of thiophene rings is 1. The summed E-state index contributed by atoms with van der Waals surface area (Å²) in [6.45, 7) is 3.80. The molecule has 3 rings (SSSR count). The van der Waals surface area contributed by atoms with Crippen LogP contribution in [0.25, 0.3) is 10.1 Å². The van der Waals surface area contributed by atoms with Crippen LogP contribution >= 0.6 is 11.3 Å². The largest absolute Gasteiger partial charge is 0.345 e. The average Bonchev–Trinajstić information content (AvgIpc) is 2.91. The molecule has 1 aromatic heterocycles. The second-order valence-electron chi connectivity index (χ2n) is 5.86. The number of rotatable bonds is 4. The third-order valence-corrected chi connectivity index (χ3v) is 6.31. The molecular weight excluding hydrogens is 356 g/mol. The van der Waals surface area contributed by atoms with E-state index in [4.69, 9.17) is 5.14 Å². The number of carbonyl (C=O) groups is 1. The Kier molecular flexibility index (Phi) is 4.64. The molecule has 25 heavy (non-hydrogen) atoms. The highest BCUT2D eigenvalue weighted by molar-refractivity contribution is 7.89. The number of amides is 1. The van der Waals surface area contributed by atoms with Crippen molar-refractivity contribution in [2.45, 2.75) is 24.8 Å². The molecule has 3 aromatic rings. The van der Waals surface area contributed by atoms with E-state index in [2.05, 4.69) is 5.32 Å². The van der Waals surface area contributed by atoms with E-state index in [1.165, 1.54) is 23.5 Å². The topological polar surface area (TPSA) is 89.3 Å². The van der Waals surface area contributed by atoms with Crippen LogP contribution in [0.3, 0.4) is 0 Å². The van der Waals surface area contributed by atoms with Crippen LogP contribution in [0.1, 0.15) is 33.8 Å². The van der Waals surface area contributed by atoms with Gasteiger partial charge in [0, 0.05) is 4.70 Å². The van der Waals surface area contributed by atoms with E-state index in [1.807, 2.05) is 38.1 Å². The molecule has 1 atom stereocenters. The standard InChI is InChI=1S/C18H18N2O3S2/c1-11-15-5-3-4-6-16(15)24-17(11)18(21)20-12(2)13-7-9-14(10-8-13)25(19,22)23/h3-10,12H,1-2H3,(H,20,21)(H2,19,22,23)/t12-/m0/s1. The van der Waals surface area contributed by atoms with Gasteiger partial charge in [0.05, 0.1) is 15.8 Å². The van der Waals surface area contributed by atoms with Crippen molar-refractivity contribution >= 4 is 37.4 Å². The molecule has 0 saturated carbocycles. The number of fused-ring (bicyclic) bond motifs is 1. The molecule has 2 aromatic carbocycles. The first kappa shape index (κ1) is 17.6. The third-order valence-electron chi connectivity index (χ3n) is 4.11. The predicted molar refractivity (Wildman–Crippen MR) is 100 cm³/mol. The van der Waals surface area contributed by atoms with Gasteiger partial charge in [-0.2, -0.15) is 0 Å². The molecule has 7 heteroatoms. The number of nitrogens with one attached hydrogen (secondary N) is 1. The van der Waals surface area contributed by atoms with Crippen LogP contribution in [0.4, 0.5) is 0 Å². The molecule has 130 valence electrons. The first-order valence-electron chi connectivity index (χ1n) is 7.69. The molecule has 0 fully saturated rings. The number of sulfonamides is 1. The Bertz CT molecular complexity index is 1040. The van der Waals surface area contributed by atoms with E-state index in [1.54, 1.807) is 12.1 Å². The third kappa shape index (κ3) is 3.58. The summed E-state index contributed by atoms with van der Waals surface area (Å²) in [4.78, 5) is 13.4. The van der Waals surface area contributed by atoms with Crippen molar-refractivity contribution in [1.29, 1.82) is 0 Å². The van der Waals surface area contributed by atoms with Crippen LogP contribution in [-0.2, 0) is 10.0 Å². The number of primary sulfonamides is 1. The lowest BCUT2D eigenvalue weighted by molar-refractivity contribution is 0.0943. The Hall–Kier alpha value is -2.22. The molecule has 3 N–H and O–H groups in total. The number of nitrogens with two attached hydrogens (primary N) is 1. The van der Waals surface area contributed by atoms with E-state index in [0.717, 1.165) is 21.2 Å². The van der Waals surface area contributed by atoms with Crippen molar-refractivity contribution in [3.8, 4) is 0 Å². The Morgan fingerprint density at radius 3 is 2.36 bits per heavy atom. The van der Waals surface area contributed by atoms with Gasteiger partial charge in [0.25, 0.3) is 5.91 Å². The number of benzene rings is 2. The summed E-state index contributed by atoms with van der Waals surface area (Å²) in [5.41, 5.74) is 1.77. The van der Waals surface area contributed by atoms with Crippen LogP contribution in [0, 0.1) is 6.92 Å². The van der Waals surface area contributed by atoms with Crippen molar-refractivity contribution < 1.29 is 13.2 Å². The maximum absolute atomic E-state index is 12.6. The normalized spacial score (nSPS) is 12.9. The molecule has 0 saturated heterocycles. The zero-order valence-electron chi connectivity index (χ0n) is 13.8. The predicted octanol–water partition coefficient (Wildman–Crippen LogP) is 3.35. The SMILES string of the molecule is Cc1c(C(=O)N[C@@H](C)c2ccc(S(N)(=O)=O)cc2)sc2ccccc12. The van der Waals surface area contributed by atoms with Gasteiger partial charge in [-0.05, 0) is 48.6 Å². The highest BCUT2D eigenvalue weighted by Gasteiger charge is 2.18. The van der Waals surface area contributed by atoms with Gasteiger partial charge in [-0.25, -0.2) is 13.6 Å². The van der Waals surface area contributed by atoms with Crippen molar-refractivity contribution in [3.05, 3.63) is 64.5 Å². The number of aryl methyl sites for hydroxylation is 1.